The molecule has 1 unspecified atom stereocenters. The third kappa shape index (κ3) is 3.78. The summed E-state index contributed by atoms with van der Waals surface area (Å²) in [6, 6.07) is 17.0. The van der Waals surface area contributed by atoms with Gasteiger partial charge < -0.3 is 9.84 Å². The quantitative estimate of drug-likeness (QED) is 0.824. The van der Waals surface area contributed by atoms with Crippen LogP contribution in [0.4, 0.5) is 0 Å². The molecule has 0 saturated carbocycles. The first kappa shape index (κ1) is 14.5. The van der Waals surface area contributed by atoms with E-state index < -0.39 is 11.9 Å². The van der Waals surface area contributed by atoms with E-state index >= 15 is 0 Å². The normalized spacial score (nSPS) is 11.8. The van der Waals surface area contributed by atoms with Gasteiger partial charge in [0.15, 0.2) is 0 Å². The Morgan fingerprint density at radius 1 is 1.20 bits per heavy atom. The van der Waals surface area contributed by atoms with E-state index in [1.165, 1.54) is 11.8 Å². The van der Waals surface area contributed by atoms with E-state index in [1.807, 2.05) is 54.6 Å². The predicted molar refractivity (Wildman–Crippen MR) is 80.5 cm³/mol. The molecule has 104 valence electrons. The summed E-state index contributed by atoms with van der Waals surface area (Å²) in [4.78, 5) is 12.4. The second kappa shape index (κ2) is 7.01. The first-order valence-electron chi connectivity index (χ1n) is 6.25. The van der Waals surface area contributed by atoms with Crippen LogP contribution in [0.5, 0.6) is 5.75 Å². The first-order valence-corrected chi connectivity index (χ1v) is 7.24. The highest BCUT2D eigenvalue weighted by atomic mass is 32.2. The van der Waals surface area contributed by atoms with Crippen LogP contribution in [0, 0.1) is 0 Å². The van der Waals surface area contributed by atoms with Gasteiger partial charge in [-0.2, -0.15) is 0 Å². The lowest BCUT2D eigenvalue weighted by Gasteiger charge is -2.12. The zero-order valence-corrected chi connectivity index (χ0v) is 12.0. The van der Waals surface area contributed by atoms with Crippen LogP contribution < -0.4 is 4.74 Å². The molecule has 4 heteroatoms. The maximum atomic E-state index is 11.4. The minimum atomic E-state index is -0.799. The second-order valence-electron chi connectivity index (χ2n) is 4.29. The third-order valence-electron chi connectivity index (χ3n) is 2.96. The lowest BCUT2D eigenvalue weighted by Crippen LogP contribution is -2.14. The Morgan fingerprint density at radius 2 is 1.95 bits per heavy atom. The van der Waals surface area contributed by atoms with Crippen LogP contribution in [0.1, 0.15) is 11.5 Å². The molecule has 2 aromatic carbocycles. The predicted octanol–water partition coefficient (Wildman–Crippen LogP) is 3.66. The molecule has 0 fully saturated rings. The molecule has 20 heavy (non-hydrogen) atoms. The fraction of sp³-hybridized carbons (Fsp3) is 0.188. The fourth-order valence-electron chi connectivity index (χ4n) is 1.87. The van der Waals surface area contributed by atoms with Crippen LogP contribution in [0.15, 0.2) is 59.5 Å². The molecular weight excluding hydrogens is 272 g/mol. The summed E-state index contributed by atoms with van der Waals surface area (Å²) >= 11 is 1.52. The van der Waals surface area contributed by atoms with Gasteiger partial charge in [-0.15, -0.1) is 11.8 Å². The minimum absolute atomic E-state index is 0.493. The number of thioether (sulfide) groups is 1. The van der Waals surface area contributed by atoms with Crippen molar-refractivity contribution in [1.29, 1.82) is 0 Å². The van der Waals surface area contributed by atoms with E-state index in [1.54, 1.807) is 7.11 Å². The summed E-state index contributed by atoms with van der Waals surface area (Å²) in [7, 11) is 1.62. The van der Waals surface area contributed by atoms with Crippen LogP contribution in [-0.4, -0.2) is 23.9 Å². The number of carboxylic acid groups (broad SMARTS) is 1. The van der Waals surface area contributed by atoms with E-state index in [2.05, 4.69) is 0 Å². The molecule has 2 rings (SSSR count). The number of benzene rings is 2. The summed E-state index contributed by atoms with van der Waals surface area (Å²) in [5.41, 5.74) is 0.829. The zero-order chi connectivity index (χ0) is 14.4. The molecule has 0 saturated heterocycles. The topological polar surface area (TPSA) is 46.5 Å². The van der Waals surface area contributed by atoms with E-state index in [0.717, 1.165) is 16.2 Å². The molecule has 2 aromatic rings. The molecule has 0 heterocycles. The number of aliphatic carboxylic acids is 1. The maximum absolute atomic E-state index is 11.4. The van der Waals surface area contributed by atoms with Crippen LogP contribution in [0.25, 0.3) is 0 Å². The fourth-order valence-corrected chi connectivity index (χ4v) is 2.93. The average Bonchev–Trinajstić information content (AvgIpc) is 2.48. The Balaban J connectivity index is 2.08. The van der Waals surface area contributed by atoms with Gasteiger partial charge in [-0.3, -0.25) is 4.79 Å². The summed E-state index contributed by atoms with van der Waals surface area (Å²) < 4.78 is 5.16. The smallest absolute Gasteiger partial charge is 0.311 e. The van der Waals surface area contributed by atoms with Crippen molar-refractivity contribution < 1.29 is 14.6 Å². The standard InChI is InChI=1S/C16H16O3S/c1-19-13-8-5-9-14(10-13)20-11-15(16(17)18)12-6-3-2-4-7-12/h2-10,15H,11H2,1H3,(H,17,18). The van der Waals surface area contributed by atoms with Gasteiger partial charge in [0, 0.05) is 10.6 Å². The minimum Gasteiger partial charge on any atom is -0.497 e. The van der Waals surface area contributed by atoms with E-state index in [4.69, 9.17) is 4.74 Å². The average molecular weight is 288 g/mol. The van der Waals surface area contributed by atoms with Crippen molar-refractivity contribution in [2.75, 3.05) is 12.9 Å². The Morgan fingerprint density at radius 3 is 2.60 bits per heavy atom. The molecule has 0 aliphatic heterocycles. The van der Waals surface area contributed by atoms with E-state index in [0.29, 0.717) is 5.75 Å². The van der Waals surface area contributed by atoms with Crippen molar-refractivity contribution in [2.24, 2.45) is 0 Å². The highest BCUT2D eigenvalue weighted by Gasteiger charge is 2.19. The highest BCUT2D eigenvalue weighted by molar-refractivity contribution is 7.99. The molecule has 1 atom stereocenters. The molecule has 0 spiro atoms. The number of hydrogen-bond donors (Lipinski definition) is 1. The van der Waals surface area contributed by atoms with Crippen molar-refractivity contribution in [3.05, 3.63) is 60.2 Å². The number of hydrogen-bond acceptors (Lipinski definition) is 3. The van der Waals surface area contributed by atoms with Gasteiger partial charge in [0.2, 0.25) is 0 Å². The monoisotopic (exact) mass is 288 g/mol. The molecule has 3 nitrogen and oxygen atoms in total. The largest absolute Gasteiger partial charge is 0.497 e. The van der Waals surface area contributed by atoms with Gasteiger partial charge in [-0.1, -0.05) is 36.4 Å². The van der Waals surface area contributed by atoms with Crippen LogP contribution >= 0.6 is 11.8 Å². The molecule has 0 bridgehead atoms. The van der Waals surface area contributed by atoms with Crippen molar-refractivity contribution in [3.8, 4) is 5.75 Å². The van der Waals surface area contributed by atoms with Crippen molar-refractivity contribution >= 4 is 17.7 Å². The number of ether oxygens (including phenoxy) is 1. The van der Waals surface area contributed by atoms with Crippen molar-refractivity contribution in [1.82, 2.24) is 0 Å². The molecular formula is C16H16O3S. The summed E-state index contributed by atoms with van der Waals surface area (Å²) in [6.07, 6.45) is 0. The molecule has 0 aromatic heterocycles. The summed E-state index contributed by atoms with van der Waals surface area (Å²) in [5, 5.41) is 9.37. The highest BCUT2D eigenvalue weighted by Crippen LogP contribution is 2.28. The third-order valence-corrected chi connectivity index (χ3v) is 4.05. The number of carboxylic acids is 1. The van der Waals surface area contributed by atoms with Crippen LogP contribution in [-0.2, 0) is 4.79 Å². The first-order chi connectivity index (χ1) is 9.70. The number of carbonyl (C=O) groups is 1. The maximum Gasteiger partial charge on any atom is 0.311 e. The Hall–Kier alpha value is -1.94. The Labute approximate surface area is 122 Å². The lowest BCUT2D eigenvalue weighted by molar-refractivity contribution is -0.138. The van der Waals surface area contributed by atoms with Gasteiger partial charge in [-0.05, 0) is 23.8 Å². The molecule has 0 radical (unpaired) electrons. The van der Waals surface area contributed by atoms with Crippen LogP contribution in [0.2, 0.25) is 0 Å². The Kier molecular flexibility index (Phi) is 5.07. The SMILES string of the molecule is COc1cccc(SCC(C(=O)O)c2ccccc2)c1. The summed E-state index contributed by atoms with van der Waals surface area (Å²) in [6.45, 7) is 0. The molecule has 0 aliphatic rings. The number of rotatable bonds is 6. The van der Waals surface area contributed by atoms with Gasteiger partial charge in [0.25, 0.3) is 0 Å². The molecule has 0 amide bonds. The van der Waals surface area contributed by atoms with Gasteiger partial charge in [-0.25, -0.2) is 0 Å². The van der Waals surface area contributed by atoms with Crippen LogP contribution in [0.3, 0.4) is 0 Å². The molecule has 0 aliphatic carbocycles. The zero-order valence-electron chi connectivity index (χ0n) is 11.2. The van der Waals surface area contributed by atoms with Gasteiger partial charge in [0.05, 0.1) is 13.0 Å². The van der Waals surface area contributed by atoms with Gasteiger partial charge in [0.1, 0.15) is 5.75 Å². The van der Waals surface area contributed by atoms with Gasteiger partial charge >= 0.3 is 5.97 Å². The Bertz CT molecular complexity index is 569. The van der Waals surface area contributed by atoms with Crippen molar-refractivity contribution in [3.63, 3.8) is 0 Å². The van der Waals surface area contributed by atoms with E-state index in [-0.39, 0.29) is 0 Å². The number of methoxy groups -OCH3 is 1. The second-order valence-corrected chi connectivity index (χ2v) is 5.38. The summed E-state index contributed by atoms with van der Waals surface area (Å²) in [5.74, 6) is -0.0347. The van der Waals surface area contributed by atoms with Crippen molar-refractivity contribution in [2.45, 2.75) is 10.8 Å². The molecule has 1 N–H and O–H groups in total. The lowest BCUT2D eigenvalue weighted by atomic mass is 10.0. The van der Waals surface area contributed by atoms with E-state index in [9.17, 15) is 9.90 Å².